The first-order valence-corrected chi connectivity index (χ1v) is 9.16. The molecule has 1 unspecified atom stereocenters. The smallest absolute Gasteiger partial charge is 0.326 e. The van der Waals surface area contributed by atoms with E-state index < -0.39 is 5.69 Å². The Hall–Kier alpha value is -3.17. The predicted octanol–water partition coefficient (Wildman–Crippen LogP) is -0.333. The van der Waals surface area contributed by atoms with Crippen molar-refractivity contribution in [1.29, 1.82) is 0 Å². The topological polar surface area (TPSA) is 136 Å². The maximum absolute atomic E-state index is 11.4. The molecule has 0 aliphatic heterocycles. The fourth-order valence-electron chi connectivity index (χ4n) is 3.06. The van der Waals surface area contributed by atoms with Crippen LogP contribution in [0.2, 0.25) is 0 Å². The standard InChI is InChI=1S/C17H20N8O2/c1-8(9-2-3-9)19-15-22-13-10(6-12-14(26)23-17(27)21-12)7-18-25(13)16(24-15)20-11-4-5-11/h6-9,11,26H,2-5H2,1H3,(H,19,20,24)(H2,21,23,27). The Morgan fingerprint density at radius 2 is 2.15 bits per heavy atom. The van der Waals surface area contributed by atoms with Crippen LogP contribution in [0.5, 0.6) is 5.88 Å². The highest BCUT2D eigenvalue weighted by atomic mass is 16.3. The molecule has 3 aromatic heterocycles. The van der Waals surface area contributed by atoms with Crippen molar-refractivity contribution < 1.29 is 5.11 Å². The summed E-state index contributed by atoms with van der Waals surface area (Å²) in [5.41, 5.74) is 0.876. The lowest BCUT2D eigenvalue weighted by atomic mass is 10.2. The van der Waals surface area contributed by atoms with Crippen LogP contribution in [0.3, 0.4) is 0 Å². The van der Waals surface area contributed by atoms with E-state index in [1.165, 1.54) is 12.8 Å². The SMILES string of the molecule is CC(Nc1nc(=NC2CC2)n2ncc(=Cc3[nH]c(=O)[nH]c3O)c2n1)C1CC1. The summed E-state index contributed by atoms with van der Waals surface area (Å²) in [5, 5.41) is 18.2. The van der Waals surface area contributed by atoms with E-state index in [4.69, 9.17) is 0 Å². The molecule has 27 heavy (non-hydrogen) atoms. The zero-order chi connectivity index (χ0) is 18.5. The lowest BCUT2D eigenvalue weighted by molar-refractivity contribution is 0.454. The van der Waals surface area contributed by atoms with E-state index in [-0.39, 0.29) is 11.6 Å². The van der Waals surface area contributed by atoms with E-state index in [1.54, 1.807) is 16.8 Å². The van der Waals surface area contributed by atoms with Crippen LogP contribution in [0.1, 0.15) is 38.3 Å². The number of hydrogen-bond acceptors (Lipinski definition) is 7. The Balaban J connectivity index is 1.66. The lowest BCUT2D eigenvalue weighted by Crippen LogP contribution is -2.27. The van der Waals surface area contributed by atoms with Crippen LogP contribution in [-0.4, -0.2) is 46.7 Å². The maximum atomic E-state index is 11.4. The number of anilines is 1. The van der Waals surface area contributed by atoms with E-state index in [9.17, 15) is 9.90 Å². The van der Waals surface area contributed by atoms with Gasteiger partial charge in [-0.25, -0.2) is 9.79 Å². The number of hydrogen-bond donors (Lipinski definition) is 4. The van der Waals surface area contributed by atoms with Gasteiger partial charge in [-0.3, -0.25) is 4.98 Å². The highest BCUT2D eigenvalue weighted by Gasteiger charge is 2.28. The minimum absolute atomic E-state index is 0.225. The van der Waals surface area contributed by atoms with Gasteiger partial charge < -0.3 is 15.4 Å². The number of aromatic nitrogens is 6. The molecule has 2 saturated carbocycles. The van der Waals surface area contributed by atoms with E-state index in [0.29, 0.717) is 40.4 Å². The van der Waals surface area contributed by atoms with E-state index in [1.807, 2.05) is 0 Å². The highest BCUT2D eigenvalue weighted by molar-refractivity contribution is 5.57. The second kappa shape index (κ2) is 5.93. The molecule has 1 atom stereocenters. The average molecular weight is 368 g/mol. The molecule has 2 aliphatic rings. The maximum Gasteiger partial charge on any atom is 0.326 e. The summed E-state index contributed by atoms with van der Waals surface area (Å²) in [4.78, 5) is 30.0. The Morgan fingerprint density at radius 1 is 1.33 bits per heavy atom. The molecule has 10 nitrogen and oxygen atoms in total. The van der Waals surface area contributed by atoms with E-state index in [2.05, 4.69) is 42.3 Å². The molecule has 0 aromatic carbocycles. The Bertz CT molecular complexity index is 1180. The Labute approximate surface area is 153 Å². The summed E-state index contributed by atoms with van der Waals surface area (Å²) < 4.78 is 1.60. The normalized spacial score (nSPS) is 19.7. The van der Waals surface area contributed by atoms with Crippen molar-refractivity contribution >= 4 is 17.7 Å². The van der Waals surface area contributed by atoms with Crippen molar-refractivity contribution in [1.82, 2.24) is 29.5 Å². The number of rotatable bonds is 5. The first-order valence-electron chi connectivity index (χ1n) is 9.16. The molecule has 2 fully saturated rings. The summed E-state index contributed by atoms with van der Waals surface area (Å²) in [6.45, 7) is 2.13. The number of H-pyrrole nitrogens is 2. The second-order valence-electron chi connectivity index (χ2n) is 7.30. The molecule has 140 valence electrons. The van der Waals surface area contributed by atoms with Crippen LogP contribution in [0.15, 0.2) is 16.0 Å². The van der Waals surface area contributed by atoms with Gasteiger partial charge in [0.1, 0.15) is 5.69 Å². The molecule has 4 N–H and O–H groups in total. The summed E-state index contributed by atoms with van der Waals surface area (Å²) in [6, 6.07) is 0.583. The first kappa shape index (κ1) is 16.0. The third-order valence-electron chi connectivity index (χ3n) is 4.94. The third kappa shape index (κ3) is 3.18. The summed E-state index contributed by atoms with van der Waals surface area (Å²) >= 11 is 0. The van der Waals surface area contributed by atoms with Gasteiger partial charge in [0.25, 0.3) is 5.62 Å². The van der Waals surface area contributed by atoms with Crippen LogP contribution in [0.25, 0.3) is 11.7 Å². The molecule has 0 saturated heterocycles. The van der Waals surface area contributed by atoms with Gasteiger partial charge in [0.2, 0.25) is 11.8 Å². The summed E-state index contributed by atoms with van der Waals surface area (Å²) in [7, 11) is 0. The number of nitrogens with one attached hydrogen (secondary N) is 3. The molecule has 0 bridgehead atoms. The van der Waals surface area contributed by atoms with Crippen molar-refractivity contribution in [2.75, 3.05) is 5.32 Å². The fourth-order valence-corrected chi connectivity index (χ4v) is 3.06. The Kier molecular flexibility index (Phi) is 3.52. The fraction of sp³-hybridized carbons (Fsp3) is 0.471. The minimum atomic E-state index is -0.477. The van der Waals surface area contributed by atoms with Gasteiger partial charge in [-0.15, -0.1) is 0 Å². The largest absolute Gasteiger partial charge is 0.493 e. The third-order valence-corrected chi connectivity index (χ3v) is 4.94. The van der Waals surface area contributed by atoms with Crippen LogP contribution < -0.4 is 21.8 Å². The zero-order valence-electron chi connectivity index (χ0n) is 14.8. The lowest BCUT2D eigenvalue weighted by Gasteiger charge is -2.12. The molecule has 10 heteroatoms. The predicted molar refractivity (Wildman–Crippen MR) is 97.0 cm³/mol. The molecule has 0 spiro atoms. The van der Waals surface area contributed by atoms with Crippen LogP contribution in [0.4, 0.5) is 5.95 Å². The summed E-state index contributed by atoms with van der Waals surface area (Å²) in [5.74, 6) is 0.951. The molecule has 2 aliphatic carbocycles. The molecule has 3 aromatic rings. The van der Waals surface area contributed by atoms with Crippen molar-refractivity contribution in [3.63, 3.8) is 0 Å². The van der Waals surface area contributed by atoms with Crippen LogP contribution in [-0.2, 0) is 0 Å². The van der Waals surface area contributed by atoms with Crippen LogP contribution >= 0.6 is 0 Å². The average Bonchev–Trinajstić information content (AvgIpc) is 3.53. The molecule has 0 radical (unpaired) electrons. The first-order chi connectivity index (χ1) is 13.1. The van der Waals surface area contributed by atoms with Gasteiger partial charge in [0.05, 0.1) is 12.2 Å². The number of aromatic hydroxyl groups is 1. The monoisotopic (exact) mass is 368 g/mol. The van der Waals surface area contributed by atoms with Crippen molar-refractivity contribution in [3.8, 4) is 5.88 Å². The highest BCUT2D eigenvalue weighted by Crippen LogP contribution is 2.33. The van der Waals surface area contributed by atoms with Crippen LogP contribution in [0, 0.1) is 5.92 Å². The summed E-state index contributed by atoms with van der Waals surface area (Å²) in [6.07, 6.45) is 7.81. The number of nitrogens with zero attached hydrogens (tertiary/aromatic N) is 5. The minimum Gasteiger partial charge on any atom is -0.493 e. The van der Waals surface area contributed by atoms with Crippen molar-refractivity contribution in [3.05, 3.63) is 33.2 Å². The second-order valence-corrected chi connectivity index (χ2v) is 7.30. The molecule has 0 amide bonds. The number of imidazole rings is 1. The molecular formula is C17H20N8O2. The van der Waals surface area contributed by atoms with E-state index >= 15 is 0 Å². The molecule has 3 heterocycles. The quantitative estimate of drug-likeness (QED) is 0.487. The van der Waals surface area contributed by atoms with Crippen molar-refractivity contribution in [2.45, 2.75) is 44.7 Å². The van der Waals surface area contributed by atoms with Gasteiger partial charge in [0, 0.05) is 11.3 Å². The number of fused-ring (bicyclic) bond motifs is 1. The van der Waals surface area contributed by atoms with Gasteiger partial charge in [-0.05, 0) is 44.6 Å². The molecule has 5 rings (SSSR count). The van der Waals surface area contributed by atoms with Gasteiger partial charge in [0.15, 0.2) is 5.65 Å². The van der Waals surface area contributed by atoms with Gasteiger partial charge in [-0.2, -0.15) is 19.6 Å². The van der Waals surface area contributed by atoms with Gasteiger partial charge >= 0.3 is 5.69 Å². The Morgan fingerprint density at radius 3 is 2.81 bits per heavy atom. The van der Waals surface area contributed by atoms with Crippen molar-refractivity contribution in [2.24, 2.45) is 10.9 Å². The molecular weight excluding hydrogens is 348 g/mol. The van der Waals surface area contributed by atoms with Gasteiger partial charge in [-0.1, -0.05) is 0 Å². The zero-order valence-corrected chi connectivity index (χ0v) is 14.8. The van der Waals surface area contributed by atoms with E-state index in [0.717, 1.165) is 12.8 Å². The number of aromatic amines is 2.